The molecule has 0 radical (unpaired) electrons. The first kappa shape index (κ1) is 19.6. The molecular weight excluding hydrogens is 448 g/mol. The topological polar surface area (TPSA) is 85.0 Å². The Morgan fingerprint density at radius 3 is 2.63 bits per heavy atom. The van der Waals surface area contributed by atoms with Crippen molar-refractivity contribution in [2.45, 2.75) is 38.0 Å². The maximum absolute atomic E-state index is 12.5. The molecule has 3 aromatic heterocycles. The minimum Gasteiger partial charge on any atom is -0.308 e. The van der Waals surface area contributed by atoms with Gasteiger partial charge >= 0.3 is 0 Å². The normalized spacial score (nSPS) is 19.6. The zero-order valence-corrected chi connectivity index (χ0v) is 18.1. The molecule has 5 rings (SSSR count). The zero-order chi connectivity index (χ0) is 20.7. The summed E-state index contributed by atoms with van der Waals surface area (Å²) in [6, 6.07) is 7.70. The van der Waals surface area contributed by atoms with E-state index in [0.29, 0.717) is 23.8 Å². The van der Waals surface area contributed by atoms with Crippen molar-refractivity contribution in [1.82, 2.24) is 29.3 Å². The van der Waals surface area contributed by atoms with E-state index in [1.165, 1.54) is 12.3 Å². The van der Waals surface area contributed by atoms with Crippen LogP contribution in [0.5, 0.6) is 0 Å². The number of nitrogens with one attached hydrogen (secondary N) is 1. The number of hydrogen-bond donors (Lipinski definition) is 1. The van der Waals surface area contributed by atoms with Crippen molar-refractivity contribution >= 4 is 27.1 Å². The van der Waals surface area contributed by atoms with Gasteiger partial charge in [-0.3, -0.25) is 23.7 Å². The molecule has 5 heterocycles. The number of hydrogen-bond acceptors (Lipinski definition) is 6. The van der Waals surface area contributed by atoms with Gasteiger partial charge in [-0.1, -0.05) is 0 Å². The number of likely N-dealkylation sites (tertiary alicyclic amines) is 1. The first-order valence-electron chi connectivity index (χ1n) is 10.3. The first-order valence-corrected chi connectivity index (χ1v) is 11.0. The molecule has 30 heavy (non-hydrogen) atoms. The molecule has 0 amide bonds. The second-order valence-electron chi connectivity index (χ2n) is 8.03. The Balaban J connectivity index is 1.21. The minimum atomic E-state index is -0.136. The summed E-state index contributed by atoms with van der Waals surface area (Å²) < 4.78 is 4.43. The van der Waals surface area contributed by atoms with E-state index < -0.39 is 0 Å². The first-order chi connectivity index (χ1) is 14.6. The van der Waals surface area contributed by atoms with E-state index in [2.05, 4.69) is 36.1 Å². The summed E-state index contributed by atoms with van der Waals surface area (Å²) in [6.45, 7) is 4.00. The molecule has 2 aliphatic rings. The van der Waals surface area contributed by atoms with E-state index in [0.717, 1.165) is 49.2 Å². The highest BCUT2D eigenvalue weighted by molar-refractivity contribution is 9.10. The van der Waals surface area contributed by atoms with Crippen molar-refractivity contribution < 1.29 is 0 Å². The molecule has 1 fully saturated rings. The average molecular weight is 471 g/mol. The maximum Gasteiger partial charge on any atom is 0.270 e. The fourth-order valence-corrected chi connectivity index (χ4v) is 4.78. The Labute approximate surface area is 181 Å². The van der Waals surface area contributed by atoms with Gasteiger partial charge in [0.1, 0.15) is 11.2 Å². The predicted octanol–water partition coefficient (Wildman–Crippen LogP) is 1.52. The third kappa shape index (κ3) is 3.73. The van der Waals surface area contributed by atoms with Gasteiger partial charge in [-0.05, 0) is 60.1 Å². The third-order valence-corrected chi connectivity index (χ3v) is 6.56. The predicted molar refractivity (Wildman–Crippen MR) is 118 cm³/mol. The average Bonchev–Trinajstić information content (AvgIpc) is 3.14. The molecular formula is C21H23BrN6O2. The largest absolute Gasteiger partial charge is 0.308 e. The van der Waals surface area contributed by atoms with E-state index in [9.17, 15) is 9.59 Å². The van der Waals surface area contributed by atoms with Crippen LogP contribution < -0.4 is 16.4 Å². The summed E-state index contributed by atoms with van der Waals surface area (Å²) in [7, 11) is 0. The van der Waals surface area contributed by atoms with E-state index in [4.69, 9.17) is 0 Å². The van der Waals surface area contributed by atoms with Gasteiger partial charge in [0, 0.05) is 42.4 Å². The summed E-state index contributed by atoms with van der Waals surface area (Å²) in [6.07, 6.45) is 5.29. The highest BCUT2D eigenvalue weighted by atomic mass is 79.9. The molecule has 1 unspecified atom stereocenters. The van der Waals surface area contributed by atoms with Crippen molar-refractivity contribution in [1.29, 1.82) is 0 Å². The highest BCUT2D eigenvalue weighted by Gasteiger charge is 2.29. The van der Waals surface area contributed by atoms with Gasteiger partial charge in [0.25, 0.3) is 11.1 Å². The van der Waals surface area contributed by atoms with E-state index >= 15 is 0 Å². The maximum atomic E-state index is 12.5. The van der Waals surface area contributed by atoms with E-state index in [1.807, 2.05) is 18.3 Å². The van der Waals surface area contributed by atoms with Gasteiger partial charge < -0.3 is 10.2 Å². The van der Waals surface area contributed by atoms with Gasteiger partial charge in [-0.25, -0.2) is 4.98 Å². The summed E-state index contributed by atoms with van der Waals surface area (Å²) in [4.78, 5) is 35.8. The molecule has 9 heteroatoms. The second kappa shape index (κ2) is 8.05. The van der Waals surface area contributed by atoms with Crippen molar-refractivity contribution in [2.75, 3.05) is 19.6 Å². The molecule has 3 aromatic rings. The Bertz CT molecular complexity index is 1180. The van der Waals surface area contributed by atoms with Crippen LogP contribution in [0.2, 0.25) is 0 Å². The molecule has 0 bridgehead atoms. The number of nitrogens with zero attached hydrogens (tertiary/aromatic N) is 5. The molecule has 1 saturated heterocycles. The lowest BCUT2D eigenvalue weighted by Crippen LogP contribution is -2.44. The number of aromatic nitrogens is 4. The van der Waals surface area contributed by atoms with Crippen LogP contribution in [-0.4, -0.2) is 49.7 Å². The summed E-state index contributed by atoms with van der Waals surface area (Å²) in [5, 5.41) is 3.60. The van der Waals surface area contributed by atoms with Crippen molar-refractivity contribution in [3.8, 4) is 0 Å². The van der Waals surface area contributed by atoms with Crippen LogP contribution in [0.1, 0.15) is 24.6 Å². The molecule has 2 aliphatic heterocycles. The lowest BCUT2D eigenvalue weighted by atomic mass is 10.0. The van der Waals surface area contributed by atoms with Crippen LogP contribution in [0.4, 0.5) is 0 Å². The van der Waals surface area contributed by atoms with Crippen LogP contribution in [0.15, 0.2) is 50.7 Å². The SMILES string of the molecule is O=c1ccc2ncc(=O)n3c2n1CC3CN1CCC(NCc2ccc(Br)cn2)CC1. The van der Waals surface area contributed by atoms with Gasteiger partial charge in [0.15, 0.2) is 0 Å². The van der Waals surface area contributed by atoms with Gasteiger partial charge in [-0.2, -0.15) is 0 Å². The molecule has 1 atom stereocenters. The summed E-state index contributed by atoms with van der Waals surface area (Å²) in [5.41, 5.74) is 2.18. The molecule has 0 saturated carbocycles. The molecule has 0 spiro atoms. The van der Waals surface area contributed by atoms with Gasteiger partial charge in [0.05, 0.1) is 17.9 Å². The second-order valence-corrected chi connectivity index (χ2v) is 8.95. The Morgan fingerprint density at radius 1 is 1.03 bits per heavy atom. The van der Waals surface area contributed by atoms with Crippen LogP contribution in [0, 0.1) is 0 Å². The van der Waals surface area contributed by atoms with Crippen LogP contribution in [-0.2, 0) is 13.1 Å². The fourth-order valence-electron chi connectivity index (χ4n) is 4.54. The standard InChI is InChI=1S/C21H23BrN6O2/c22-14-1-2-16(23-9-14)10-24-15-5-7-26(8-6-15)12-17-13-27-19(29)4-3-18-21(27)28(17)20(30)11-25-18/h1-4,9,11,15,17,24H,5-8,10,12-13H2. The molecule has 0 aromatic carbocycles. The van der Waals surface area contributed by atoms with E-state index in [1.54, 1.807) is 15.2 Å². The van der Waals surface area contributed by atoms with Crippen LogP contribution in [0.25, 0.3) is 11.2 Å². The Morgan fingerprint density at radius 2 is 1.87 bits per heavy atom. The van der Waals surface area contributed by atoms with Crippen molar-refractivity contribution in [3.63, 3.8) is 0 Å². The number of rotatable bonds is 5. The monoisotopic (exact) mass is 470 g/mol. The van der Waals surface area contributed by atoms with Crippen molar-refractivity contribution in [2.24, 2.45) is 0 Å². The minimum absolute atomic E-state index is 0.0328. The summed E-state index contributed by atoms with van der Waals surface area (Å²) >= 11 is 3.41. The molecule has 1 N–H and O–H groups in total. The third-order valence-electron chi connectivity index (χ3n) is 6.09. The van der Waals surface area contributed by atoms with Crippen LogP contribution >= 0.6 is 15.9 Å². The van der Waals surface area contributed by atoms with E-state index in [-0.39, 0.29) is 17.2 Å². The Kier molecular flexibility index (Phi) is 5.26. The van der Waals surface area contributed by atoms with Crippen LogP contribution in [0.3, 0.4) is 0 Å². The quantitative estimate of drug-likeness (QED) is 0.608. The van der Waals surface area contributed by atoms with Crippen molar-refractivity contribution in [3.05, 3.63) is 67.5 Å². The smallest absolute Gasteiger partial charge is 0.270 e. The fraction of sp³-hybridized carbons (Fsp3) is 0.429. The lowest BCUT2D eigenvalue weighted by Gasteiger charge is -2.34. The molecule has 8 nitrogen and oxygen atoms in total. The number of halogens is 1. The number of piperidine rings is 1. The summed E-state index contributed by atoms with van der Waals surface area (Å²) in [5.74, 6) is 0. The van der Waals surface area contributed by atoms with Gasteiger partial charge in [0.2, 0.25) is 0 Å². The molecule has 156 valence electrons. The molecule has 0 aliphatic carbocycles. The number of pyridine rings is 2. The van der Waals surface area contributed by atoms with Gasteiger partial charge in [-0.15, -0.1) is 0 Å². The highest BCUT2D eigenvalue weighted by Crippen LogP contribution is 2.24. The Hall–Kier alpha value is -2.36. The lowest BCUT2D eigenvalue weighted by molar-refractivity contribution is 0.171. The zero-order valence-electron chi connectivity index (χ0n) is 16.5.